The van der Waals surface area contributed by atoms with E-state index in [9.17, 15) is 13.2 Å². The van der Waals surface area contributed by atoms with Gasteiger partial charge >= 0.3 is 6.09 Å². The van der Waals surface area contributed by atoms with Crippen molar-refractivity contribution in [3.63, 3.8) is 0 Å². The standard InChI is InChI=1S/C28H28ClN5O4S/c1-17-14-22(34-39(37,38)26-5-3-2-4-24(26)29)11-12-23(17)18-6-13-25-19(15-18)16-30-27(33-25)31-20-7-9-21(10-8-20)32-28(35)36/h2-6,11-16,20-21,32,34H,7-10H2,1H3,(H,35,36)(H,30,31,33)/t20-,21-. The van der Waals surface area contributed by atoms with Crippen molar-refractivity contribution < 1.29 is 18.3 Å². The minimum absolute atomic E-state index is 0.00319. The van der Waals surface area contributed by atoms with Crippen LogP contribution in [0.4, 0.5) is 16.4 Å². The Morgan fingerprint density at radius 3 is 2.46 bits per heavy atom. The summed E-state index contributed by atoms with van der Waals surface area (Å²) in [6, 6.07) is 17.9. The topological polar surface area (TPSA) is 133 Å². The Bertz CT molecular complexity index is 1640. The number of carbonyl (C=O) groups is 1. The smallest absolute Gasteiger partial charge is 0.404 e. The maximum atomic E-state index is 12.8. The van der Waals surface area contributed by atoms with Crippen molar-refractivity contribution >= 4 is 50.3 Å². The van der Waals surface area contributed by atoms with Gasteiger partial charge in [0.15, 0.2) is 0 Å². The summed E-state index contributed by atoms with van der Waals surface area (Å²) in [6.07, 6.45) is 4.05. The highest BCUT2D eigenvalue weighted by molar-refractivity contribution is 7.92. The predicted octanol–water partition coefficient (Wildman–Crippen LogP) is 6.05. The summed E-state index contributed by atoms with van der Waals surface area (Å²) in [5.74, 6) is 0.552. The van der Waals surface area contributed by atoms with Gasteiger partial charge in [-0.05, 0) is 85.7 Å². The van der Waals surface area contributed by atoms with Gasteiger partial charge in [-0.25, -0.2) is 23.2 Å². The third-order valence-electron chi connectivity index (χ3n) is 6.88. The summed E-state index contributed by atoms with van der Waals surface area (Å²) in [4.78, 5) is 20.0. The first-order valence-electron chi connectivity index (χ1n) is 12.6. The van der Waals surface area contributed by atoms with E-state index in [-0.39, 0.29) is 22.0 Å². The van der Waals surface area contributed by atoms with Crippen LogP contribution in [0.2, 0.25) is 5.02 Å². The van der Waals surface area contributed by atoms with Crippen molar-refractivity contribution in [2.24, 2.45) is 0 Å². The van der Waals surface area contributed by atoms with Gasteiger partial charge in [-0.1, -0.05) is 35.9 Å². The number of hydrogen-bond donors (Lipinski definition) is 4. The molecule has 202 valence electrons. The molecule has 0 aliphatic heterocycles. The molecule has 4 aromatic rings. The second-order valence-electron chi connectivity index (χ2n) is 9.68. The Labute approximate surface area is 231 Å². The van der Waals surface area contributed by atoms with Gasteiger partial charge in [0.05, 0.1) is 10.5 Å². The lowest BCUT2D eigenvalue weighted by Gasteiger charge is -2.28. The van der Waals surface area contributed by atoms with Crippen molar-refractivity contribution in [1.29, 1.82) is 0 Å². The fourth-order valence-corrected chi connectivity index (χ4v) is 6.50. The van der Waals surface area contributed by atoms with Crippen molar-refractivity contribution in [2.45, 2.75) is 49.6 Å². The molecule has 1 amide bonds. The third kappa shape index (κ3) is 6.23. The van der Waals surface area contributed by atoms with Crippen LogP contribution in [-0.4, -0.2) is 41.7 Å². The quantitative estimate of drug-likeness (QED) is 0.214. The number of aryl methyl sites for hydroxylation is 1. The first-order chi connectivity index (χ1) is 18.7. The number of hydrogen-bond acceptors (Lipinski definition) is 6. The number of aromatic nitrogens is 2. The van der Waals surface area contributed by atoms with Gasteiger partial charge in [0.2, 0.25) is 5.95 Å². The molecule has 1 aliphatic carbocycles. The first kappa shape index (κ1) is 26.7. The fraction of sp³-hybridized carbons (Fsp3) is 0.250. The summed E-state index contributed by atoms with van der Waals surface area (Å²) >= 11 is 6.08. The van der Waals surface area contributed by atoms with E-state index in [2.05, 4.69) is 25.3 Å². The SMILES string of the molecule is Cc1cc(NS(=O)(=O)c2ccccc2Cl)ccc1-c1ccc2nc(N[C@H]3CC[C@H](NC(=O)O)CC3)ncc2c1. The number of amides is 1. The zero-order valence-corrected chi connectivity index (χ0v) is 22.8. The molecule has 0 unspecified atom stereocenters. The van der Waals surface area contributed by atoms with E-state index in [4.69, 9.17) is 16.7 Å². The number of benzene rings is 3. The maximum Gasteiger partial charge on any atom is 0.404 e. The number of nitrogens with zero attached hydrogens (tertiary/aromatic N) is 2. The Hall–Kier alpha value is -3.89. The zero-order valence-electron chi connectivity index (χ0n) is 21.2. The average Bonchev–Trinajstić information content (AvgIpc) is 2.89. The van der Waals surface area contributed by atoms with Crippen molar-refractivity contribution in [3.05, 3.63) is 77.4 Å². The molecule has 1 fully saturated rings. The van der Waals surface area contributed by atoms with Gasteiger partial charge in [0.25, 0.3) is 10.0 Å². The largest absolute Gasteiger partial charge is 0.465 e. The molecule has 5 rings (SSSR count). The first-order valence-corrected chi connectivity index (χ1v) is 14.5. The number of sulfonamides is 1. The lowest BCUT2D eigenvalue weighted by atomic mass is 9.91. The summed E-state index contributed by atoms with van der Waals surface area (Å²) in [5, 5.41) is 15.9. The summed E-state index contributed by atoms with van der Waals surface area (Å²) < 4.78 is 28.2. The van der Waals surface area contributed by atoms with Crippen LogP contribution in [0.1, 0.15) is 31.2 Å². The molecule has 1 heterocycles. The van der Waals surface area contributed by atoms with Crippen LogP contribution in [0.5, 0.6) is 0 Å². The lowest BCUT2D eigenvalue weighted by molar-refractivity contribution is 0.185. The second kappa shape index (κ2) is 11.1. The molecular weight excluding hydrogens is 538 g/mol. The van der Waals surface area contributed by atoms with Gasteiger partial charge < -0.3 is 15.7 Å². The number of rotatable bonds is 7. The average molecular weight is 566 g/mol. The van der Waals surface area contributed by atoms with Crippen LogP contribution >= 0.6 is 11.6 Å². The Morgan fingerprint density at radius 1 is 1.00 bits per heavy atom. The van der Waals surface area contributed by atoms with Crippen LogP contribution in [0, 0.1) is 6.92 Å². The Balaban J connectivity index is 1.29. The molecule has 39 heavy (non-hydrogen) atoms. The van der Waals surface area contributed by atoms with E-state index < -0.39 is 16.1 Å². The zero-order chi connectivity index (χ0) is 27.6. The van der Waals surface area contributed by atoms with E-state index in [1.165, 1.54) is 6.07 Å². The third-order valence-corrected chi connectivity index (χ3v) is 8.76. The molecule has 9 nitrogen and oxygen atoms in total. The van der Waals surface area contributed by atoms with Crippen LogP contribution in [-0.2, 0) is 10.0 Å². The molecular formula is C28H28ClN5O4S. The summed E-state index contributed by atoms with van der Waals surface area (Å²) in [5.41, 5.74) is 4.09. The lowest BCUT2D eigenvalue weighted by Crippen LogP contribution is -2.39. The molecule has 1 aliphatic rings. The molecule has 0 radical (unpaired) electrons. The highest BCUT2D eigenvalue weighted by Gasteiger charge is 2.23. The Morgan fingerprint density at radius 2 is 1.74 bits per heavy atom. The maximum absolute atomic E-state index is 12.8. The number of carboxylic acid groups (broad SMARTS) is 1. The van der Waals surface area contributed by atoms with Gasteiger partial charge in [-0.3, -0.25) is 4.72 Å². The highest BCUT2D eigenvalue weighted by atomic mass is 35.5. The number of anilines is 2. The fourth-order valence-electron chi connectivity index (χ4n) is 4.93. The number of nitrogens with one attached hydrogen (secondary N) is 3. The minimum Gasteiger partial charge on any atom is -0.465 e. The van der Waals surface area contributed by atoms with Gasteiger partial charge in [0, 0.05) is 29.4 Å². The van der Waals surface area contributed by atoms with E-state index in [0.717, 1.165) is 53.3 Å². The predicted molar refractivity (Wildman–Crippen MR) is 153 cm³/mol. The molecule has 4 N–H and O–H groups in total. The second-order valence-corrected chi connectivity index (χ2v) is 11.7. The number of halogens is 1. The molecule has 3 aromatic carbocycles. The number of fused-ring (bicyclic) bond motifs is 1. The highest BCUT2D eigenvalue weighted by Crippen LogP contribution is 2.30. The molecule has 0 bridgehead atoms. The van der Waals surface area contributed by atoms with E-state index in [1.54, 1.807) is 36.5 Å². The van der Waals surface area contributed by atoms with Crippen molar-refractivity contribution in [1.82, 2.24) is 15.3 Å². The van der Waals surface area contributed by atoms with Crippen LogP contribution in [0.3, 0.4) is 0 Å². The minimum atomic E-state index is -3.82. The molecule has 1 aromatic heterocycles. The molecule has 0 spiro atoms. The van der Waals surface area contributed by atoms with Gasteiger partial charge in [0.1, 0.15) is 4.90 Å². The van der Waals surface area contributed by atoms with Crippen LogP contribution in [0.25, 0.3) is 22.0 Å². The Kier molecular flexibility index (Phi) is 7.58. The van der Waals surface area contributed by atoms with Gasteiger partial charge in [-0.15, -0.1) is 0 Å². The molecule has 1 saturated carbocycles. The van der Waals surface area contributed by atoms with Crippen LogP contribution in [0.15, 0.2) is 71.8 Å². The van der Waals surface area contributed by atoms with E-state index in [0.29, 0.717) is 11.6 Å². The van der Waals surface area contributed by atoms with Crippen LogP contribution < -0.4 is 15.4 Å². The summed E-state index contributed by atoms with van der Waals surface area (Å²) in [6.45, 7) is 1.93. The van der Waals surface area contributed by atoms with E-state index in [1.807, 2.05) is 31.2 Å². The van der Waals surface area contributed by atoms with Gasteiger partial charge in [-0.2, -0.15) is 0 Å². The molecule has 0 saturated heterocycles. The normalized spacial score (nSPS) is 17.5. The molecule has 0 atom stereocenters. The summed E-state index contributed by atoms with van der Waals surface area (Å²) in [7, 11) is -3.82. The monoisotopic (exact) mass is 565 g/mol. The molecule has 11 heteroatoms. The van der Waals surface area contributed by atoms with Crippen molar-refractivity contribution in [2.75, 3.05) is 10.0 Å². The van der Waals surface area contributed by atoms with Crippen molar-refractivity contribution in [3.8, 4) is 11.1 Å². The van der Waals surface area contributed by atoms with E-state index >= 15 is 0 Å².